The van der Waals surface area contributed by atoms with Gasteiger partial charge in [0.25, 0.3) is 0 Å². The fraction of sp³-hybridized carbons (Fsp3) is 0.143. The van der Waals surface area contributed by atoms with Crippen molar-refractivity contribution in [3.8, 4) is 11.5 Å². The first-order valence-electron chi connectivity index (χ1n) is 5.86. The van der Waals surface area contributed by atoms with E-state index in [0.29, 0.717) is 11.5 Å². The van der Waals surface area contributed by atoms with Crippen molar-refractivity contribution in [1.29, 1.82) is 0 Å². The number of hydrogen-bond acceptors (Lipinski definition) is 4. The highest BCUT2D eigenvalue weighted by Crippen LogP contribution is 2.20. The molecular formula is C14H16O4Si. The van der Waals surface area contributed by atoms with Gasteiger partial charge >= 0.3 is 9.05 Å². The number of hydrogen-bond donors (Lipinski definition) is 0. The lowest BCUT2D eigenvalue weighted by Gasteiger charge is -2.25. The van der Waals surface area contributed by atoms with Crippen molar-refractivity contribution in [2.75, 3.05) is 14.2 Å². The van der Waals surface area contributed by atoms with Crippen molar-refractivity contribution in [2.24, 2.45) is 0 Å². The van der Waals surface area contributed by atoms with Crippen molar-refractivity contribution in [3.63, 3.8) is 0 Å². The maximum absolute atomic E-state index is 5.78. The highest BCUT2D eigenvalue weighted by Gasteiger charge is 2.49. The van der Waals surface area contributed by atoms with Crippen LogP contribution in [-0.4, -0.2) is 23.3 Å². The molecule has 0 atom stereocenters. The topological polar surface area (TPSA) is 36.9 Å². The van der Waals surface area contributed by atoms with Crippen LogP contribution in [0.5, 0.6) is 11.5 Å². The highest BCUT2D eigenvalue weighted by molar-refractivity contribution is 6.55. The molecule has 0 unspecified atom stereocenters. The molecule has 5 heteroatoms. The molecule has 0 aliphatic carbocycles. The standard InChI is InChI=1S/C14H16O4Si/c1-15-19(16-2,17-13-9-5-3-6-10-13)18-14-11-7-4-8-12-14/h3-12H,1-2H3. The van der Waals surface area contributed by atoms with Gasteiger partial charge in [-0.25, -0.2) is 0 Å². The SMILES string of the molecule is CO[Si](OC)(Oc1ccccc1)Oc1ccccc1. The van der Waals surface area contributed by atoms with Crippen LogP contribution >= 0.6 is 0 Å². The monoisotopic (exact) mass is 276 g/mol. The van der Waals surface area contributed by atoms with Crippen molar-refractivity contribution < 1.29 is 17.7 Å². The van der Waals surface area contributed by atoms with Crippen LogP contribution in [0.2, 0.25) is 0 Å². The van der Waals surface area contributed by atoms with Crippen molar-refractivity contribution in [3.05, 3.63) is 60.7 Å². The van der Waals surface area contributed by atoms with Gasteiger partial charge < -0.3 is 17.7 Å². The molecule has 0 saturated heterocycles. The van der Waals surface area contributed by atoms with E-state index >= 15 is 0 Å². The zero-order chi connectivity index (χ0) is 13.6. The third-order valence-corrected chi connectivity index (χ3v) is 4.44. The van der Waals surface area contributed by atoms with E-state index in [1.165, 1.54) is 14.2 Å². The summed E-state index contributed by atoms with van der Waals surface area (Å²) in [6, 6.07) is 18.6. The van der Waals surface area contributed by atoms with Gasteiger partial charge in [-0.2, -0.15) is 0 Å². The van der Waals surface area contributed by atoms with E-state index in [9.17, 15) is 0 Å². The van der Waals surface area contributed by atoms with Gasteiger partial charge in [-0.1, -0.05) is 36.4 Å². The lowest BCUT2D eigenvalue weighted by Crippen LogP contribution is -2.53. The van der Waals surface area contributed by atoms with Gasteiger partial charge in [0.1, 0.15) is 11.5 Å². The van der Waals surface area contributed by atoms with Gasteiger partial charge in [0, 0.05) is 14.2 Å². The molecule has 2 aromatic carbocycles. The van der Waals surface area contributed by atoms with E-state index < -0.39 is 9.05 Å². The summed E-state index contributed by atoms with van der Waals surface area (Å²) in [6.07, 6.45) is 0. The predicted molar refractivity (Wildman–Crippen MR) is 73.9 cm³/mol. The lowest BCUT2D eigenvalue weighted by atomic mass is 10.3. The second-order valence-corrected chi connectivity index (χ2v) is 5.96. The fourth-order valence-electron chi connectivity index (χ4n) is 1.54. The Labute approximate surface area is 114 Å². The van der Waals surface area contributed by atoms with E-state index in [0.717, 1.165) is 0 Å². The normalized spacial score (nSPS) is 11.1. The van der Waals surface area contributed by atoms with Crippen LogP contribution in [0.4, 0.5) is 0 Å². The highest BCUT2D eigenvalue weighted by atomic mass is 28.4. The van der Waals surface area contributed by atoms with Gasteiger partial charge in [0.15, 0.2) is 0 Å². The summed E-state index contributed by atoms with van der Waals surface area (Å²) < 4.78 is 22.3. The van der Waals surface area contributed by atoms with E-state index in [-0.39, 0.29) is 0 Å². The Bertz CT molecular complexity index is 442. The minimum absolute atomic E-state index is 0.647. The van der Waals surface area contributed by atoms with Crippen LogP contribution in [0, 0.1) is 0 Å². The van der Waals surface area contributed by atoms with Gasteiger partial charge in [-0.05, 0) is 24.3 Å². The van der Waals surface area contributed by atoms with Crippen LogP contribution < -0.4 is 8.85 Å². The maximum atomic E-state index is 5.78. The zero-order valence-corrected chi connectivity index (χ0v) is 11.9. The van der Waals surface area contributed by atoms with Crippen LogP contribution in [-0.2, 0) is 8.85 Å². The van der Waals surface area contributed by atoms with Crippen molar-refractivity contribution in [1.82, 2.24) is 0 Å². The van der Waals surface area contributed by atoms with Crippen LogP contribution in [0.3, 0.4) is 0 Å². The van der Waals surface area contributed by atoms with Crippen LogP contribution in [0.15, 0.2) is 60.7 Å². The molecule has 2 aromatic rings. The molecule has 0 bridgehead atoms. The van der Waals surface area contributed by atoms with Gasteiger partial charge in [0.05, 0.1) is 0 Å². The minimum Gasteiger partial charge on any atom is -0.471 e. The Kier molecular flexibility index (Phi) is 4.56. The van der Waals surface area contributed by atoms with Crippen LogP contribution in [0.1, 0.15) is 0 Å². The molecule has 0 radical (unpaired) electrons. The second kappa shape index (κ2) is 6.37. The average molecular weight is 276 g/mol. The van der Waals surface area contributed by atoms with E-state index in [1.807, 2.05) is 60.7 Å². The first-order valence-corrected chi connectivity index (χ1v) is 7.50. The summed E-state index contributed by atoms with van der Waals surface area (Å²) in [6.45, 7) is 0. The average Bonchev–Trinajstić information content (AvgIpc) is 2.48. The Hall–Kier alpha value is -1.82. The van der Waals surface area contributed by atoms with Gasteiger partial charge in [0.2, 0.25) is 0 Å². The molecule has 0 spiro atoms. The Morgan fingerprint density at radius 2 is 1.00 bits per heavy atom. The van der Waals surface area contributed by atoms with Crippen molar-refractivity contribution in [2.45, 2.75) is 0 Å². The largest absolute Gasteiger partial charge is 0.820 e. The fourth-order valence-corrected chi connectivity index (χ4v) is 2.93. The van der Waals surface area contributed by atoms with Crippen molar-refractivity contribution >= 4 is 9.05 Å². The molecule has 0 amide bonds. The Morgan fingerprint density at radius 1 is 0.632 bits per heavy atom. The maximum Gasteiger partial charge on any atom is 0.820 e. The first kappa shape index (κ1) is 13.6. The van der Waals surface area contributed by atoms with E-state index in [4.69, 9.17) is 17.7 Å². The summed E-state index contributed by atoms with van der Waals surface area (Å²) >= 11 is 0. The third-order valence-electron chi connectivity index (χ3n) is 2.47. The summed E-state index contributed by atoms with van der Waals surface area (Å²) in [4.78, 5) is 0. The van der Waals surface area contributed by atoms with Crippen LogP contribution in [0.25, 0.3) is 0 Å². The predicted octanol–water partition coefficient (Wildman–Crippen LogP) is 2.87. The third kappa shape index (κ3) is 3.57. The van der Waals surface area contributed by atoms with Gasteiger partial charge in [-0.15, -0.1) is 0 Å². The van der Waals surface area contributed by atoms with Gasteiger partial charge in [-0.3, -0.25) is 0 Å². The first-order chi connectivity index (χ1) is 9.28. The zero-order valence-electron chi connectivity index (χ0n) is 10.9. The Balaban J connectivity index is 2.18. The molecule has 0 aromatic heterocycles. The minimum atomic E-state index is -3.23. The molecular weight excluding hydrogens is 260 g/mol. The molecule has 2 rings (SSSR count). The van der Waals surface area contributed by atoms with E-state index in [1.54, 1.807) is 0 Å². The molecule has 4 nitrogen and oxygen atoms in total. The number of para-hydroxylation sites is 2. The molecule has 0 aliphatic rings. The van der Waals surface area contributed by atoms with E-state index in [2.05, 4.69) is 0 Å². The summed E-state index contributed by atoms with van der Waals surface area (Å²) in [5, 5.41) is 0. The molecule has 0 saturated carbocycles. The lowest BCUT2D eigenvalue weighted by molar-refractivity contribution is 0.0826. The number of benzene rings is 2. The molecule has 0 N–H and O–H groups in total. The molecule has 0 heterocycles. The summed E-state index contributed by atoms with van der Waals surface area (Å²) in [5.74, 6) is 1.29. The smallest absolute Gasteiger partial charge is 0.471 e. The molecule has 100 valence electrons. The second-order valence-electron chi connectivity index (χ2n) is 3.74. The number of rotatable bonds is 6. The quantitative estimate of drug-likeness (QED) is 0.760. The molecule has 19 heavy (non-hydrogen) atoms. The summed E-state index contributed by atoms with van der Waals surface area (Å²) in [7, 11) is -0.194. The molecule has 0 aliphatic heterocycles. The Morgan fingerprint density at radius 3 is 1.32 bits per heavy atom. The summed E-state index contributed by atoms with van der Waals surface area (Å²) in [5.41, 5.74) is 0. The molecule has 0 fully saturated rings.